The Morgan fingerprint density at radius 1 is 1.04 bits per heavy atom. The highest BCUT2D eigenvalue weighted by molar-refractivity contribution is 6.42. The molecule has 2 nitrogen and oxygen atoms in total. The summed E-state index contributed by atoms with van der Waals surface area (Å²) in [6, 6.07) is 11.9. The minimum Gasteiger partial charge on any atom is -0.294 e. The van der Waals surface area contributed by atoms with E-state index in [1.807, 2.05) is 13.0 Å². The molecule has 0 aliphatic heterocycles. The third-order valence-corrected chi connectivity index (χ3v) is 4.65. The molecule has 0 spiro atoms. The van der Waals surface area contributed by atoms with E-state index in [1.54, 1.807) is 36.5 Å². The summed E-state index contributed by atoms with van der Waals surface area (Å²) in [5.41, 5.74) is 3.80. The summed E-state index contributed by atoms with van der Waals surface area (Å²) in [4.78, 5) is 16.4. The summed E-state index contributed by atoms with van der Waals surface area (Å²) in [7, 11) is 0. The first-order valence-electron chi connectivity index (χ1n) is 7.63. The number of rotatable bonds is 4. The van der Waals surface area contributed by atoms with Gasteiger partial charge in [0, 0.05) is 23.7 Å². The third-order valence-electron chi connectivity index (χ3n) is 3.91. The zero-order valence-electron chi connectivity index (χ0n) is 13.4. The lowest BCUT2D eigenvalue weighted by molar-refractivity contribution is 0.0993. The van der Waals surface area contributed by atoms with Gasteiger partial charge < -0.3 is 0 Å². The highest BCUT2D eigenvalue weighted by Gasteiger charge is 2.11. The van der Waals surface area contributed by atoms with Crippen molar-refractivity contribution in [1.29, 1.82) is 0 Å². The monoisotopic (exact) mass is 373 g/mol. The van der Waals surface area contributed by atoms with E-state index in [-0.39, 0.29) is 12.2 Å². The molecule has 0 amide bonds. The molecule has 0 atom stereocenters. The van der Waals surface area contributed by atoms with E-state index in [0.717, 1.165) is 22.9 Å². The molecule has 0 N–H and O–H groups in total. The van der Waals surface area contributed by atoms with E-state index in [2.05, 4.69) is 4.98 Å². The van der Waals surface area contributed by atoms with Crippen molar-refractivity contribution in [3.63, 3.8) is 0 Å². The average Bonchev–Trinajstić information content (AvgIpc) is 2.58. The smallest absolute Gasteiger partial charge is 0.167 e. The maximum atomic E-state index is 13.4. The van der Waals surface area contributed by atoms with Crippen molar-refractivity contribution in [3.05, 3.63) is 87.4 Å². The molecular formula is C20H14Cl2FNO. The first-order valence-corrected chi connectivity index (χ1v) is 8.38. The van der Waals surface area contributed by atoms with Crippen molar-refractivity contribution in [2.45, 2.75) is 13.3 Å². The van der Waals surface area contributed by atoms with Crippen molar-refractivity contribution in [1.82, 2.24) is 4.98 Å². The van der Waals surface area contributed by atoms with Gasteiger partial charge in [-0.15, -0.1) is 0 Å². The molecule has 1 aromatic heterocycles. The molecule has 126 valence electrons. The van der Waals surface area contributed by atoms with Crippen LogP contribution in [0.15, 0.2) is 54.9 Å². The van der Waals surface area contributed by atoms with Crippen molar-refractivity contribution < 1.29 is 9.18 Å². The van der Waals surface area contributed by atoms with Crippen LogP contribution in [0.3, 0.4) is 0 Å². The topological polar surface area (TPSA) is 30.0 Å². The molecule has 0 unspecified atom stereocenters. The van der Waals surface area contributed by atoms with Gasteiger partial charge in [-0.25, -0.2) is 4.39 Å². The second kappa shape index (κ2) is 7.34. The number of hydrogen-bond donors (Lipinski definition) is 0. The lowest BCUT2D eigenvalue weighted by Crippen LogP contribution is -2.04. The number of aryl methyl sites for hydroxylation is 1. The van der Waals surface area contributed by atoms with Gasteiger partial charge in [0.05, 0.1) is 16.2 Å². The number of aromatic nitrogens is 1. The van der Waals surface area contributed by atoms with Gasteiger partial charge in [-0.05, 0) is 47.9 Å². The minimum atomic E-state index is -0.392. The van der Waals surface area contributed by atoms with E-state index < -0.39 is 5.82 Å². The van der Waals surface area contributed by atoms with Gasteiger partial charge >= 0.3 is 0 Å². The molecule has 2 aromatic carbocycles. The summed E-state index contributed by atoms with van der Waals surface area (Å²) in [5, 5.41) is 0.888. The Hall–Kier alpha value is -2.23. The molecule has 0 bridgehead atoms. The summed E-state index contributed by atoms with van der Waals surface area (Å²) < 4.78 is 13.4. The number of benzene rings is 2. The summed E-state index contributed by atoms with van der Waals surface area (Å²) in [5.74, 6) is -0.415. The molecule has 25 heavy (non-hydrogen) atoms. The van der Waals surface area contributed by atoms with Crippen LogP contribution < -0.4 is 0 Å². The zero-order chi connectivity index (χ0) is 18.0. The first-order chi connectivity index (χ1) is 11.9. The fourth-order valence-electron chi connectivity index (χ4n) is 2.66. The Balaban J connectivity index is 1.84. The van der Waals surface area contributed by atoms with Gasteiger partial charge in [-0.3, -0.25) is 9.78 Å². The van der Waals surface area contributed by atoms with Crippen LogP contribution in [0.1, 0.15) is 21.5 Å². The van der Waals surface area contributed by atoms with Crippen LogP contribution in [0.5, 0.6) is 0 Å². The van der Waals surface area contributed by atoms with Crippen LogP contribution in [0.4, 0.5) is 4.39 Å². The van der Waals surface area contributed by atoms with Gasteiger partial charge in [-0.2, -0.15) is 0 Å². The molecule has 0 radical (unpaired) electrons. The van der Waals surface area contributed by atoms with E-state index in [9.17, 15) is 9.18 Å². The SMILES string of the molecule is Cc1cc(C(=O)Cc2ccc(Cl)c(Cl)c2)ccc1-c1cncc(F)c1. The predicted octanol–water partition coefficient (Wildman–Crippen LogP) is 5.93. The minimum absolute atomic E-state index is 0.0228. The largest absolute Gasteiger partial charge is 0.294 e. The molecule has 1 heterocycles. The number of Topliss-reactive ketones (excluding diaryl/α,β-unsaturated/α-hetero) is 1. The van der Waals surface area contributed by atoms with Crippen molar-refractivity contribution in [2.75, 3.05) is 0 Å². The number of halogens is 3. The maximum absolute atomic E-state index is 13.4. The van der Waals surface area contributed by atoms with Crippen molar-refractivity contribution in [2.24, 2.45) is 0 Å². The van der Waals surface area contributed by atoms with Crippen molar-refractivity contribution in [3.8, 4) is 11.1 Å². The molecule has 0 aliphatic carbocycles. The Labute approximate surface area is 155 Å². The molecule has 3 aromatic rings. The number of nitrogens with zero attached hydrogens (tertiary/aromatic N) is 1. The van der Waals surface area contributed by atoms with Crippen LogP contribution in [-0.4, -0.2) is 10.8 Å². The van der Waals surface area contributed by atoms with Crippen LogP contribution in [-0.2, 0) is 6.42 Å². The average molecular weight is 374 g/mol. The summed E-state index contributed by atoms with van der Waals surface area (Å²) in [6.07, 6.45) is 2.99. The van der Waals surface area contributed by atoms with E-state index in [1.165, 1.54) is 6.07 Å². The Kier molecular flexibility index (Phi) is 5.16. The second-order valence-corrected chi connectivity index (χ2v) is 6.58. The number of carbonyl (C=O) groups excluding carboxylic acids is 1. The quantitative estimate of drug-likeness (QED) is 0.530. The summed E-state index contributed by atoms with van der Waals surface area (Å²) >= 11 is 11.9. The number of hydrogen-bond acceptors (Lipinski definition) is 2. The number of ketones is 1. The number of carbonyl (C=O) groups is 1. The normalized spacial score (nSPS) is 10.7. The molecular weight excluding hydrogens is 360 g/mol. The van der Waals surface area contributed by atoms with Gasteiger partial charge in [0.2, 0.25) is 0 Å². The van der Waals surface area contributed by atoms with Crippen LogP contribution >= 0.6 is 23.2 Å². The summed E-state index contributed by atoms with van der Waals surface area (Å²) in [6.45, 7) is 1.89. The van der Waals surface area contributed by atoms with Gasteiger partial charge in [0.1, 0.15) is 5.82 Å². The zero-order valence-corrected chi connectivity index (χ0v) is 14.9. The highest BCUT2D eigenvalue weighted by atomic mass is 35.5. The van der Waals surface area contributed by atoms with Gasteiger partial charge in [0.15, 0.2) is 5.78 Å². The predicted molar refractivity (Wildman–Crippen MR) is 98.9 cm³/mol. The molecule has 0 aliphatic rings. The van der Waals surface area contributed by atoms with E-state index in [0.29, 0.717) is 21.2 Å². The molecule has 5 heteroatoms. The fourth-order valence-corrected chi connectivity index (χ4v) is 2.98. The fraction of sp³-hybridized carbons (Fsp3) is 0.100. The lowest BCUT2D eigenvalue weighted by atomic mass is 9.96. The van der Waals surface area contributed by atoms with Crippen molar-refractivity contribution >= 4 is 29.0 Å². The van der Waals surface area contributed by atoms with Gasteiger partial charge in [-0.1, -0.05) is 41.4 Å². The molecule has 3 rings (SSSR count). The standard InChI is InChI=1S/C20H14Cl2FNO/c1-12-6-14(3-4-17(12)15-9-16(23)11-24-10-15)20(25)8-13-2-5-18(21)19(22)7-13/h2-7,9-11H,8H2,1H3. The Morgan fingerprint density at radius 2 is 1.84 bits per heavy atom. The lowest BCUT2D eigenvalue weighted by Gasteiger charge is -2.09. The number of pyridine rings is 1. The second-order valence-electron chi connectivity index (χ2n) is 5.77. The highest BCUT2D eigenvalue weighted by Crippen LogP contribution is 2.26. The first kappa shape index (κ1) is 17.6. The van der Waals surface area contributed by atoms with Crippen LogP contribution in [0.2, 0.25) is 10.0 Å². The molecule has 0 saturated carbocycles. The Morgan fingerprint density at radius 3 is 2.52 bits per heavy atom. The van der Waals surface area contributed by atoms with Crippen LogP contribution in [0, 0.1) is 12.7 Å². The van der Waals surface area contributed by atoms with E-state index in [4.69, 9.17) is 23.2 Å². The maximum Gasteiger partial charge on any atom is 0.167 e. The third kappa shape index (κ3) is 4.06. The molecule has 0 fully saturated rings. The Bertz CT molecular complexity index is 956. The molecule has 0 saturated heterocycles. The van der Waals surface area contributed by atoms with Gasteiger partial charge in [0.25, 0.3) is 0 Å². The van der Waals surface area contributed by atoms with Crippen LogP contribution in [0.25, 0.3) is 11.1 Å². The van der Waals surface area contributed by atoms with E-state index >= 15 is 0 Å².